The summed E-state index contributed by atoms with van der Waals surface area (Å²) in [6.45, 7) is 2.70. The first-order valence-electron chi connectivity index (χ1n) is 8.48. The van der Waals surface area contributed by atoms with Gasteiger partial charge in [0.25, 0.3) is 5.91 Å². The SMILES string of the molecule is Cc1ccc(CN(C)C(=O)c2ccc3c4c(cccc24)CC3)cc1. The number of rotatable bonds is 3. The summed E-state index contributed by atoms with van der Waals surface area (Å²) in [6, 6.07) is 18.8. The van der Waals surface area contributed by atoms with Crippen LogP contribution in [0.15, 0.2) is 54.6 Å². The first-order valence-corrected chi connectivity index (χ1v) is 8.48. The van der Waals surface area contributed by atoms with Crippen molar-refractivity contribution in [3.63, 3.8) is 0 Å². The molecule has 3 aromatic rings. The van der Waals surface area contributed by atoms with Crippen LogP contribution in [0.25, 0.3) is 10.8 Å². The van der Waals surface area contributed by atoms with E-state index in [4.69, 9.17) is 0 Å². The molecular formula is C22H21NO. The number of benzene rings is 3. The van der Waals surface area contributed by atoms with Crippen molar-refractivity contribution in [3.05, 3.63) is 82.4 Å². The second-order valence-corrected chi connectivity index (χ2v) is 6.76. The van der Waals surface area contributed by atoms with Gasteiger partial charge in [0.05, 0.1) is 0 Å². The zero-order valence-corrected chi connectivity index (χ0v) is 14.2. The molecule has 0 N–H and O–H groups in total. The first-order chi connectivity index (χ1) is 11.6. The van der Waals surface area contributed by atoms with Crippen molar-refractivity contribution in [1.29, 1.82) is 0 Å². The Bertz CT molecular complexity index is 914. The number of aryl methyl sites for hydroxylation is 3. The summed E-state index contributed by atoms with van der Waals surface area (Å²) in [7, 11) is 1.88. The van der Waals surface area contributed by atoms with Crippen LogP contribution in [-0.2, 0) is 19.4 Å². The zero-order chi connectivity index (χ0) is 16.7. The molecular weight excluding hydrogens is 294 g/mol. The standard InChI is InChI=1S/C22H21NO/c1-15-6-8-16(9-7-15)14-23(2)22(24)20-13-12-18-11-10-17-4-3-5-19(20)21(17)18/h3-9,12-13H,10-11,14H2,1-2H3. The Morgan fingerprint density at radius 2 is 1.67 bits per heavy atom. The highest BCUT2D eigenvalue weighted by atomic mass is 16.2. The maximum absolute atomic E-state index is 13.0. The van der Waals surface area contributed by atoms with Gasteiger partial charge in [0.1, 0.15) is 0 Å². The Labute approximate surface area is 142 Å². The Kier molecular flexibility index (Phi) is 3.61. The number of carbonyl (C=O) groups is 1. The molecule has 0 saturated carbocycles. The van der Waals surface area contributed by atoms with Gasteiger partial charge >= 0.3 is 0 Å². The second kappa shape index (κ2) is 5.79. The quantitative estimate of drug-likeness (QED) is 0.696. The molecule has 2 heteroatoms. The van der Waals surface area contributed by atoms with Crippen LogP contribution in [0.5, 0.6) is 0 Å². The third-order valence-corrected chi connectivity index (χ3v) is 4.99. The number of hydrogen-bond acceptors (Lipinski definition) is 1. The summed E-state index contributed by atoms with van der Waals surface area (Å²) >= 11 is 0. The van der Waals surface area contributed by atoms with E-state index in [0.29, 0.717) is 6.54 Å². The van der Waals surface area contributed by atoms with Crippen LogP contribution in [0.1, 0.15) is 32.6 Å². The van der Waals surface area contributed by atoms with Gasteiger partial charge in [-0.25, -0.2) is 0 Å². The lowest BCUT2D eigenvalue weighted by Gasteiger charge is -2.19. The number of amides is 1. The highest BCUT2D eigenvalue weighted by Gasteiger charge is 2.20. The van der Waals surface area contributed by atoms with E-state index in [2.05, 4.69) is 55.5 Å². The van der Waals surface area contributed by atoms with Crippen LogP contribution in [0.2, 0.25) is 0 Å². The fourth-order valence-corrected chi connectivity index (χ4v) is 3.68. The average molecular weight is 315 g/mol. The van der Waals surface area contributed by atoms with E-state index >= 15 is 0 Å². The fourth-order valence-electron chi connectivity index (χ4n) is 3.68. The summed E-state index contributed by atoms with van der Waals surface area (Å²) in [5.74, 6) is 0.0891. The molecule has 1 amide bonds. The topological polar surface area (TPSA) is 20.3 Å². The van der Waals surface area contributed by atoms with Crippen molar-refractivity contribution >= 4 is 16.7 Å². The first kappa shape index (κ1) is 14.9. The van der Waals surface area contributed by atoms with Crippen LogP contribution in [0, 0.1) is 6.92 Å². The van der Waals surface area contributed by atoms with Crippen LogP contribution < -0.4 is 0 Å². The minimum atomic E-state index is 0.0891. The van der Waals surface area contributed by atoms with E-state index in [-0.39, 0.29) is 5.91 Å². The second-order valence-electron chi connectivity index (χ2n) is 6.76. The number of carbonyl (C=O) groups excluding carboxylic acids is 1. The molecule has 1 aliphatic rings. The number of hydrogen-bond donors (Lipinski definition) is 0. The molecule has 0 aliphatic heterocycles. The van der Waals surface area contributed by atoms with Gasteiger partial charge in [-0.3, -0.25) is 4.79 Å². The van der Waals surface area contributed by atoms with Crippen LogP contribution in [0.4, 0.5) is 0 Å². The van der Waals surface area contributed by atoms with Gasteiger partial charge in [0, 0.05) is 19.2 Å². The third kappa shape index (κ3) is 2.48. The van der Waals surface area contributed by atoms with E-state index in [1.165, 1.54) is 22.1 Å². The summed E-state index contributed by atoms with van der Waals surface area (Å²) in [6.07, 6.45) is 2.17. The summed E-state index contributed by atoms with van der Waals surface area (Å²) in [5, 5.41) is 2.40. The van der Waals surface area contributed by atoms with Gasteiger partial charge in [-0.1, -0.05) is 54.1 Å². The normalized spacial score (nSPS) is 12.6. The molecule has 0 radical (unpaired) electrons. The lowest BCUT2D eigenvalue weighted by atomic mass is 9.99. The minimum absolute atomic E-state index is 0.0891. The lowest BCUT2D eigenvalue weighted by Crippen LogP contribution is -2.26. The molecule has 0 fully saturated rings. The molecule has 0 heterocycles. The molecule has 0 bridgehead atoms. The predicted molar refractivity (Wildman–Crippen MR) is 98.3 cm³/mol. The van der Waals surface area contributed by atoms with E-state index in [1.807, 2.05) is 18.0 Å². The Morgan fingerprint density at radius 1 is 0.958 bits per heavy atom. The Balaban J connectivity index is 1.67. The predicted octanol–water partition coefficient (Wildman–Crippen LogP) is 4.52. The van der Waals surface area contributed by atoms with Crippen molar-refractivity contribution in [3.8, 4) is 0 Å². The summed E-state index contributed by atoms with van der Waals surface area (Å²) < 4.78 is 0. The maximum Gasteiger partial charge on any atom is 0.254 e. The van der Waals surface area contributed by atoms with Gasteiger partial charge in [-0.05, 0) is 53.3 Å². The van der Waals surface area contributed by atoms with Crippen molar-refractivity contribution < 1.29 is 4.79 Å². The van der Waals surface area contributed by atoms with E-state index < -0.39 is 0 Å². The highest BCUT2D eigenvalue weighted by Crippen LogP contribution is 2.33. The summed E-state index contributed by atoms with van der Waals surface area (Å²) in [5.41, 5.74) is 5.95. The fraction of sp³-hybridized carbons (Fsp3) is 0.227. The van der Waals surface area contributed by atoms with Gasteiger partial charge in [0.15, 0.2) is 0 Å². The molecule has 120 valence electrons. The zero-order valence-electron chi connectivity index (χ0n) is 14.2. The molecule has 0 unspecified atom stereocenters. The molecule has 2 nitrogen and oxygen atoms in total. The summed E-state index contributed by atoms with van der Waals surface area (Å²) in [4.78, 5) is 14.8. The molecule has 24 heavy (non-hydrogen) atoms. The van der Waals surface area contributed by atoms with E-state index in [9.17, 15) is 4.79 Å². The highest BCUT2D eigenvalue weighted by molar-refractivity contribution is 6.09. The number of nitrogens with zero attached hydrogens (tertiary/aromatic N) is 1. The van der Waals surface area contributed by atoms with Gasteiger partial charge in [0.2, 0.25) is 0 Å². The van der Waals surface area contributed by atoms with Crippen LogP contribution in [0.3, 0.4) is 0 Å². The molecule has 0 saturated heterocycles. The minimum Gasteiger partial charge on any atom is -0.337 e. The van der Waals surface area contributed by atoms with E-state index in [1.54, 1.807) is 0 Å². The monoisotopic (exact) mass is 315 g/mol. The smallest absolute Gasteiger partial charge is 0.254 e. The van der Waals surface area contributed by atoms with Gasteiger partial charge in [-0.15, -0.1) is 0 Å². The molecule has 0 spiro atoms. The van der Waals surface area contributed by atoms with Crippen molar-refractivity contribution in [1.82, 2.24) is 4.90 Å². The molecule has 4 rings (SSSR count). The van der Waals surface area contributed by atoms with Crippen molar-refractivity contribution in [2.24, 2.45) is 0 Å². The third-order valence-electron chi connectivity index (χ3n) is 4.99. The molecule has 0 atom stereocenters. The van der Waals surface area contributed by atoms with Gasteiger partial charge in [-0.2, -0.15) is 0 Å². The van der Waals surface area contributed by atoms with Crippen molar-refractivity contribution in [2.75, 3.05) is 7.05 Å². The Hall–Kier alpha value is -2.61. The molecule has 1 aliphatic carbocycles. The maximum atomic E-state index is 13.0. The average Bonchev–Trinajstić information content (AvgIpc) is 3.02. The Morgan fingerprint density at radius 3 is 2.42 bits per heavy atom. The van der Waals surface area contributed by atoms with Crippen molar-refractivity contribution in [2.45, 2.75) is 26.3 Å². The lowest BCUT2D eigenvalue weighted by molar-refractivity contribution is 0.0787. The van der Waals surface area contributed by atoms with Crippen LogP contribution >= 0.6 is 0 Å². The largest absolute Gasteiger partial charge is 0.337 e. The molecule has 0 aromatic heterocycles. The molecule has 3 aromatic carbocycles. The van der Waals surface area contributed by atoms with Gasteiger partial charge < -0.3 is 4.90 Å². The van der Waals surface area contributed by atoms with E-state index in [0.717, 1.165) is 29.4 Å². The van der Waals surface area contributed by atoms with Crippen LogP contribution in [-0.4, -0.2) is 17.9 Å².